The highest BCUT2D eigenvalue weighted by molar-refractivity contribution is 7.91. The molecule has 1 saturated heterocycles. The lowest BCUT2D eigenvalue weighted by Crippen LogP contribution is -2.21. The van der Waals surface area contributed by atoms with E-state index in [1.54, 1.807) is 12.1 Å². The van der Waals surface area contributed by atoms with Crippen LogP contribution in [-0.4, -0.2) is 36.2 Å². The SMILES string of the molecule is O=S1(=O)CC[C@H](Nc2ccc(Cl)nn2)C1. The van der Waals surface area contributed by atoms with Crippen molar-refractivity contribution in [2.75, 3.05) is 16.8 Å². The van der Waals surface area contributed by atoms with Gasteiger partial charge in [-0.05, 0) is 18.6 Å². The van der Waals surface area contributed by atoms with Crippen LogP contribution in [0.2, 0.25) is 5.15 Å². The molecule has 0 aliphatic carbocycles. The van der Waals surface area contributed by atoms with Crippen LogP contribution < -0.4 is 5.32 Å². The number of nitrogens with one attached hydrogen (secondary N) is 1. The highest BCUT2D eigenvalue weighted by Gasteiger charge is 2.27. The molecule has 5 nitrogen and oxygen atoms in total. The fourth-order valence-corrected chi connectivity index (χ4v) is 3.29. The predicted octanol–water partition coefficient (Wildman–Crippen LogP) is 0.729. The molecular formula is C8H10ClN3O2S. The van der Waals surface area contributed by atoms with Crippen LogP contribution in [0.1, 0.15) is 6.42 Å². The second-order valence-corrected chi connectivity index (χ2v) is 6.10. The summed E-state index contributed by atoms with van der Waals surface area (Å²) < 4.78 is 22.4. The van der Waals surface area contributed by atoms with Gasteiger partial charge in [-0.15, -0.1) is 10.2 Å². The zero-order valence-electron chi connectivity index (χ0n) is 7.85. The molecule has 7 heteroatoms. The maximum Gasteiger partial charge on any atom is 0.152 e. The molecule has 0 unspecified atom stereocenters. The summed E-state index contributed by atoms with van der Waals surface area (Å²) >= 11 is 5.58. The normalized spacial score (nSPS) is 23.9. The van der Waals surface area contributed by atoms with Gasteiger partial charge in [0.2, 0.25) is 0 Å². The summed E-state index contributed by atoms with van der Waals surface area (Å²) in [5.74, 6) is 0.963. The van der Waals surface area contributed by atoms with Crippen LogP contribution >= 0.6 is 11.6 Å². The molecule has 1 atom stereocenters. The molecule has 1 fully saturated rings. The number of hydrogen-bond acceptors (Lipinski definition) is 5. The molecule has 0 bridgehead atoms. The van der Waals surface area contributed by atoms with Crippen LogP contribution in [-0.2, 0) is 9.84 Å². The van der Waals surface area contributed by atoms with Crippen molar-refractivity contribution < 1.29 is 8.42 Å². The van der Waals surface area contributed by atoms with Gasteiger partial charge in [0.1, 0.15) is 5.82 Å². The zero-order valence-corrected chi connectivity index (χ0v) is 9.42. The van der Waals surface area contributed by atoms with E-state index in [1.165, 1.54) is 0 Å². The molecule has 82 valence electrons. The van der Waals surface area contributed by atoms with E-state index < -0.39 is 9.84 Å². The van der Waals surface area contributed by atoms with Crippen molar-refractivity contribution in [3.63, 3.8) is 0 Å². The predicted molar refractivity (Wildman–Crippen MR) is 57.7 cm³/mol. The van der Waals surface area contributed by atoms with Crippen LogP contribution in [0.15, 0.2) is 12.1 Å². The summed E-state index contributed by atoms with van der Waals surface area (Å²) in [5.41, 5.74) is 0. The Hall–Kier alpha value is -0.880. The number of aromatic nitrogens is 2. The molecule has 0 radical (unpaired) electrons. The van der Waals surface area contributed by atoms with Crippen LogP contribution in [0.3, 0.4) is 0 Å². The van der Waals surface area contributed by atoms with Crippen LogP contribution in [0.5, 0.6) is 0 Å². The van der Waals surface area contributed by atoms with Crippen molar-refractivity contribution in [2.45, 2.75) is 12.5 Å². The monoisotopic (exact) mass is 247 g/mol. The van der Waals surface area contributed by atoms with Crippen molar-refractivity contribution in [2.24, 2.45) is 0 Å². The fourth-order valence-electron chi connectivity index (χ4n) is 1.51. The molecule has 15 heavy (non-hydrogen) atoms. The Morgan fingerprint density at radius 2 is 2.20 bits per heavy atom. The number of rotatable bonds is 2. The van der Waals surface area contributed by atoms with E-state index in [9.17, 15) is 8.42 Å². The Bertz CT molecular complexity index is 445. The molecule has 2 rings (SSSR count). The van der Waals surface area contributed by atoms with E-state index in [0.717, 1.165) is 0 Å². The van der Waals surface area contributed by atoms with E-state index in [-0.39, 0.29) is 17.5 Å². The first-order chi connectivity index (χ1) is 7.05. The van der Waals surface area contributed by atoms with E-state index in [2.05, 4.69) is 15.5 Å². The minimum absolute atomic E-state index is 0.0644. The van der Waals surface area contributed by atoms with Crippen molar-refractivity contribution >= 4 is 27.3 Å². The van der Waals surface area contributed by atoms with Crippen molar-refractivity contribution in [1.82, 2.24) is 10.2 Å². The average molecular weight is 248 g/mol. The number of anilines is 1. The summed E-state index contributed by atoms with van der Waals surface area (Å²) in [6.07, 6.45) is 0.618. The van der Waals surface area contributed by atoms with Crippen molar-refractivity contribution in [3.05, 3.63) is 17.3 Å². The minimum atomic E-state index is -2.86. The summed E-state index contributed by atoms with van der Waals surface area (Å²) in [6, 6.07) is 3.23. The van der Waals surface area contributed by atoms with E-state index >= 15 is 0 Å². The topological polar surface area (TPSA) is 72.0 Å². The molecule has 0 saturated carbocycles. The lowest BCUT2D eigenvalue weighted by Gasteiger charge is -2.09. The molecule has 0 amide bonds. The maximum absolute atomic E-state index is 11.2. The van der Waals surface area contributed by atoms with E-state index in [4.69, 9.17) is 11.6 Å². The standard InChI is InChI=1S/C8H10ClN3O2S/c9-7-1-2-8(12-11-7)10-6-3-4-15(13,14)5-6/h1-2,6H,3-5H2,(H,10,12)/t6-/m0/s1. The van der Waals surface area contributed by atoms with Crippen molar-refractivity contribution in [1.29, 1.82) is 0 Å². The molecule has 1 aromatic rings. The summed E-state index contributed by atoms with van der Waals surface area (Å²) in [4.78, 5) is 0. The Kier molecular flexibility index (Phi) is 2.79. The third kappa shape index (κ3) is 2.79. The minimum Gasteiger partial charge on any atom is -0.365 e. The zero-order chi connectivity index (χ0) is 10.9. The highest BCUT2D eigenvalue weighted by Crippen LogP contribution is 2.16. The quantitative estimate of drug-likeness (QED) is 0.834. The molecular weight excluding hydrogens is 238 g/mol. The van der Waals surface area contributed by atoms with Gasteiger partial charge < -0.3 is 5.32 Å². The summed E-state index contributed by atoms with van der Waals surface area (Å²) in [6.45, 7) is 0. The number of halogens is 1. The second-order valence-electron chi connectivity index (χ2n) is 3.49. The van der Waals surface area contributed by atoms with Gasteiger partial charge in [0.05, 0.1) is 11.5 Å². The van der Waals surface area contributed by atoms with Gasteiger partial charge in [-0.2, -0.15) is 0 Å². The van der Waals surface area contributed by atoms with Gasteiger partial charge in [-0.25, -0.2) is 8.42 Å². The lowest BCUT2D eigenvalue weighted by atomic mass is 10.2. The van der Waals surface area contributed by atoms with Gasteiger partial charge in [0, 0.05) is 6.04 Å². The van der Waals surface area contributed by atoms with Crippen molar-refractivity contribution in [3.8, 4) is 0 Å². The summed E-state index contributed by atoms with van der Waals surface area (Å²) in [7, 11) is -2.86. The van der Waals surface area contributed by atoms with E-state index in [0.29, 0.717) is 17.4 Å². The first-order valence-electron chi connectivity index (χ1n) is 4.51. The van der Waals surface area contributed by atoms with Crippen LogP contribution in [0.4, 0.5) is 5.82 Å². The molecule has 1 aliphatic heterocycles. The molecule has 2 heterocycles. The van der Waals surface area contributed by atoms with E-state index in [1.807, 2.05) is 0 Å². The Balaban J connectivity index is 2.02. The second kappa shape index (κ2) is 3.94. The molecule has 1 aliphatic rings. The van der Waals surface area contributed by atoms with Crippen LogP contribution in [0.25, 0.3) is 0 Å². The fraction of sp³-hybridized carbons (Fsp3) is 0.500. The Labute approximate surface area is 92.8 Å². The average Bonchev–Trinajstić information content (AvgIpc) is 2.50. The molecule has 0 spiro atoms. The van der Waals surface area contributed by atoms with Gasteiger partial charge in [-0.1, -0.05) is 11.6 Å². The largest absolute Gasteiger partial charge is 0.365 e. The smallest absolute Gasteiger partial charge is 0.152 e. The summed E-state index contributed by atoms with van der Waals surface area (Å²) in [5, 5.41) is 10.8. The number of sulfone groups is 1. The van der Waals surface area contributed by atoms with Gasteiger partial charge in [0.15, 0.2) is 15.0 Å². The lowest BCUT2D eigenvalue weighted by molar-refractivity contribution is 0.602. The molecule has 1 N–H and O–H groups in total. The number of hydrogen-bond donors (Lipinski definition) is 1. The van der Waals surface area contributed by atoms with Gasteiger partial charge in [0.25, 0.3) is 0 Å². The number of nitrogens with zero attached hydrogens (tertiary/aromatic N) is 2. The Morgan fingerprint density at radius 3 is 2.73 bits per heavy atom. The third-order valence-electron chi connectivity index (χ3n) is 2.22. The first-order valence-corrected chi connectivity index (χ1v) is 6.71. The highest BCUT2D eigenvalue weighted by atomic mass is 35.5. The Morgan fingerprint density at radius 1 is 1.40 bits per heavy atom. The third-order valence-corrected chi connectivity index (χ3v) is 4.19. The molecule has 1 aromatic heterocycles. The van der Waals surface area contributed by atoms with Crippen LogP contribution in [0, 0.1) is 0 Å². The molecule has 0 aromatic carbocycles. The van der Waals surface area contributed by atoms with Gasteiger partial charge in [-0.3, -0.25) is 0 Å². The first kappa shape index (κ1) is 10.6. The maximum atomic E-state index is 11.2. The van der Waals surface area contributed by atoms with Gasteiger partial charge >= 0.3 is 0 Å².